The molecule has 3 heterocycles. The SMILES string of the molecule is CCC(CC)n1cc(-c2nc(/C(C=N)=C/NC[C@H](C)C[C@H](C)O)cn3nccc23)cn1. The van der Waals surface area contributed by atoms with Gasteiger partial charge in [-0.15, -0.1) is 0 Å². The first-order valence-corrected chi connectivity index (χ1v) is 11.0. The molecule has 3 aromatic rings. The number of aliphatic hydroxyl groups excluding tert-OH is 1. The number of allylic oxidation sites excluding steroid dienone is 1. The fraction of sp³-hybridized carbons (Fsp3) is 0.478. The number of hydrogen-bond donors (Lipinski definition) is 3. The third-order valence-corrected chi connectivity index (χ3v) is 5.50. The zero-order chi connectivity index (χ0) is 22.4. The van der Waals surface area contributed by atoms with Crippen molar-refractivity contribution in [1.29, 1.82) is 5.41 Å². The van der Waals surface area contributed by atoms with E-state index in [-0.39, 0.29) is 6.10 Å². The molecule has 0 spiro atoms. The van der Waals surface area contributed by atoms with Gasteiger partial charge in [0.25, 0.3) is 0 Å². The smallest absolute Gasteiger partial charge is 0.0999 e. The highest BCUT2D eigenvalue weighted by Gasteiger charge is 2.15. The first-order valence-electron chi connectivity index (χ1n) is 11.0. The lowest BCUT2D eigenvalue weighted by Gasteiger charge is -2.14. The van der Waals surface area contributed by atoms with Crippen molar-refractivity contribution in [3.63, 3.8) is 0 Å². The number of rotatable bonds is 11. The summed E-state index contributed by atoms with van der Waals surface area (Å²) in [6.07, 6.45) is 13.0. The maximum absolute atomic E-state index is 9.54. The maximum Gasteiger partial charge on any atom is 0.0999 e. The third-order valence-electron chi connectivity index (χ3n) is 5.50. The van der Waals surface area contributed by atoms with Gasteiger partial charge in [0, 0.05) is 36.3 Å². The van der Waals surface area contributed by atoms with Gasteiger partial charge in [0.2, 0.25) is 0 Å². The molecule has 2 atom stereocenters. The molecular weight excluding hydrogens is 390 g/mol. The second-order valence-electron chi connectivity index (χ2n) is 8.16. The van der Waals surface area contributed by atoms with Crippen LogP contribution in [-0.2, 0) is 0 Å². The molecule has 0 aliphatic rings. The molecule has 8 heteroatoms. The summed E-state index contributed by atoms with van der Waals surface area (Å²) in [5.74, 6) is 0.316. The normalized spacial score (nSPS) is 14.2. The van der Waals surface area contributed by atoms with Crippen LogP contribution in [0.4, 0.5) is 0 Å². The Bertz CT molecular complexity index is 1030. The van der Waals surface area contributed by atoms with Gasteiger partial charge < -0.3 is 15.8 Å². The molecule has 3 rings (SSSR count). The van der Waals surface area contributed by atoms with Crippen LogP contribution in [0.5, 0.6) is 0 Å². The zero-order valence-corrected chi connectivity index (χ0v) is 18.8. The Labute approximate surface area is 183 Å². The highest BCUT2D eigenvalue weighted by atomic mass is 16.3. The van der Waals surface area contributed by atoms with Crippen LogP contribution in [-0.4, -0.2) is 48.3 Å². The number of fused-ring (bicyclic) bond motifs is 1. The summed E-state index contributed by atoms with van der Waals surface area (Å²) in [7, 11) is 0. The third kappa shape index (κ3) is 5.38. The predicted molar refractivity (Wildman–Crippen MR) is 124 cm³/mol. The lowest BCUT2D eigenvalue weighted by atomic mass is 10.0. The molecule has 0 bridgehead atoms. The molecule has 0 amide bonds. The van der Waals surface area contributed by atoms with E-state index in [2.05, 4.69) is 36.3 Å². The van der Waals surface area contributed by atoms with Crippen molar-refractivity contribution in [3.05, 3.63) is 42.7 Å². The first kappa shape index (κ1) is 22.7. The van der Waals surface area contributed by atoms with Crippen LogP contribution in [0.15, 0.2) is 37.1 Å². The number of hydrogen-bond acceptors (Lipinski definition) is 6. The van der Waals surface area contributed by atoms with Crippen molar-refractivity contribution >= 4 is 17.3 Å². The molecule has 0 aromatic carbocycles. The van der Waals surface area contributed by atoms with Crippen molar-refractivity contribution in [3.8, 4) is 11.3 Å². The van der Waals surface area contributed by atoms with E-state index in [1.54, 1.807) is 23.8 Å². The maximum atomic E-state index is 9.54. The van der Waals surface area contributed by atoms with Gasteiger partial charge >= 0.3 is 0 Å². The molecule has 0 radical (unpaired) electrons. The lowest BCUT2D eigenvalue weighted by Crippen LogP contribution is -2.20. The molecule has 3 aromatic heterocycles. The average molecular weight is 424 g/mol. The van der Waals surface area contributed by atoms with Crippen LogP contribution in [0, 0.1) is 11.3 Å². The van der Waals surface area contributed by atoms with Crippen molar-refractivity contribution in [1.82, 2.24) is 29.7 Å². The number of nitrogens with one attached hydrogen (secondary N) is 2. The van der Waals surface area contributed by atoms with Crippen molar-refractivity contribution in [2.45, 2.75) is 59.1 Å². The molecule has 166 valence electrons. The van der Waals surface area contributed by atoms with E-state index in [1.165, 1.54) is 6.21 Å². The summed E-state index contributed by atoms with van der Waals surface area (Å²) in [5, 5.41) is 29.7. The van der Waals surface area contributed by atoms with E-state index < -0.39 is 0 Å². The summed E-state index contributed by atoms with van der Waals surface area (Å²) in [4.78, 5) is 4.87. The van der Waals surface area contributed by atoms with Crippen LogP contribution in [0.3, 0.4) is 0 Å². The molecule has 31 heavy (non-hydrogen) atoms. The summed E-state index contributed by atoms with van der Waals surface area (Å²) >= 11 is 0. The minimum atomic E-state index is -0.324. The van der Waals surface area contributed by atoms with Crippen LogP contribution < -0.4 is 5.32 Å². The lowest BCUT2D eigenvalue weighted by molar-refractivity contribution is 0.164. The van der Waals surface area contributed by atoms with Gasteiger partial charge in [0.05, 0.1) is 47.6 Å². The summed E-state index contributed by atoms with van der Waals surface area (Å²) in [6, 6.07) is 2.30. The Morgan fingerprint density at radius 2 is 2.00 bits per heavy atom. The van der Waals surface area contributed by atoms with E-state index in [9.17, 15) is 5.11 Å². The standard InChI is InChI=1S/C23H33N7O/c1-5-20(6-2)29-14-19(13-27-29)23-22-7-8-26-30(22)15-21(28-23)18(10-24)12-25-11-16(3)9-17(4)31/h7-8,10,12-17,20,24-25,31H,5-6,9,11H2,1-4H3/b18-12+,24-10?/t16-,17+/m1/s1. The van der Waals surface area contributed by atoms with Gasteiger partial charge in [-0.25, -0.2) is 9.50 Å². The topological polar surface area (TPSA) is 104 Å². The molecule has 3 N–H and O–H groups in total. The van der Waals surface area contributed by atoms with Crippen molar-refractivity contribution in [2.24, 2.45) is 5.92 Å². The van der Waals surface area contributed by atoms with Gasteiger partial charge in [-0.1, -0.05) is 20.8 Å². The van der Waals surface area contributed by atoms with E-state index in [1.807, 2.05) is 29.3 Å². The molecule has 0 unspecified atom stereocenters. The van der Waals surface area contributed by atoms with Crippen LogP contribution in [0.1, 0.15) is 58.7 Å². The fourth-order valence-corrected chi connectivity index (χ4v) is 3.83. The monoisotopic (exact) mass is 423 g/mol. The van der Waals surface area contributed by atoms with Gasteiger partial charge in [0.1, 0.15) is 0 Å². The van der Waals surface area contributed by atoms with Crippen LogP contribution in [0.2, 0.25) is 0 Å². The Kier molecular flexibility index (Phi) is 7.57. The highest BCUT2D eigenvalue weighted by molar-refractivity contribution is 6.07. The fourth-order valence-electron chi connectivity index (χ4n) is 3.83. The molecule has 0 aliphatic carbocycles. The summed E-state index contributed by atoms with van der Waals surface area (Å²) in [5.41, 5.74) is 3.95. The van der Waals surface area contributed by atoms with Crippen LogP contribution >= 0.6 is 0 Å². The number of aromatic nitrogens is 5. The zero-order valence-electron chi connectivity index (χ0n) is 18.8. The van der Waals surface area contributed by atoms with E-state index >= 15 is 0 Å². The minimum absolute atomic E-state index is 0.316. The molecule has 0 saturated carbocycles. The van der Waals surface area contributed by atoms with Gasteiger partial charge in [-0.3, -0.25) is 4.68 Å². The first-order chi connectivity index (χ1) is 15.0. The minimum Gasteiger partial charge on any atom is -0.393 e. The van der Waals surface area contributed by atoms with E-state index in [0.717, 1.165) is 36.0 Å². The van der Waals surface area contributed by atoms with Crippen molar-refractivity contribution < 1.29 is 5.11 Å². The Morgan fingerprint density at radius 3 is 2.68 bits per heavy atom. The molecule has 0 fully saturated rings. The van der Waals surface area contributed by atoms with Crippen LogP contribution in [0.25, 0.3) is 22.3 Å². The molecule has 8 nitrogen and oxygen atoms in total. The molecule has 0 saturated heterocycles. The second kappa shape index (κ2) is 10.3. The second-order valence-corrected chi connectivity index (χ2v) is 8.16. The molecule has 0 aliphatic heterocycles. The van der Waals surface area contributed by atoms with Gasteiger partial charge in [0.15, 0.2) is 0 Å². The van der Waals surface area contributed by atoms with Gasteiger partial charge in [-0.05, 0) is 38.2 Å². The molecular formula is C23H33N7O. The van der Waals surface area contributed by atoms with Gasteiger partial charge in [-0.2, -0.15) is 10.2 Å². The Balaban J connectivity index is 1.92. The summed E-state index contributed by atoms with van der Waals surface area (Å²) < 4.78 is 3.80. The number of nitrogens with zero attached hydrogens (tertiary/aromatic N) is 5. The Hall–Kier alpha value is -3.00. The Morgan fingerprint density at radius 1 is 1.23 bits per heavy atom. The van der Waals surface area contributed by atoms with Crippen molar-refractivity contribution in [2.75, 3.05) is 6.54 Å². The largest absolute Gasteiger partial charge is 0.393 e. The highest BCUT2D eigenvalue weighted by Crippen LogP contribution is 2.26. The average Bonchev–Trinajstić information content (AvgIpc) is 3.41. The van der Waals surface area contributed by atoms with E-state index in [0.29, 0.717) is 29.8 Å². The summed E-state index contributed by atoms with van der Waals surface area (Å²) in [6.45, 7) is 8.92. The van der Waals surface area contributed by atoms with E-state index in [4.69, 9.17) is 10.4 Å². The number of aliphatic hydroxyl groups is 1. The predicted octanol–water partition coefficient (Wildman–Crippen LogP) is 3.94. The quantitative estimate of drug-likeness (QED) is 0.405.